The first-order chi connectivity index (χ1) is 7.88. The van der Waals surface area contributed by atoms with E-state index >= 15 is 0 Å². The van der Waals surface area contributed by atoms with Crippen LogP contribution in [0.1, 0.15) is 33.1 Å². The second kappa shape index (κ2) is 7.65. The summed E-state index contributed by atoms with van der Waals surface area (Å²) in [7, 11) is 0. The van der Waals surface area contributed by atoms with E-state index in [1.807, 2.05) is 0 Å². The van der Waals surface area contributed by atoms with Crippen LogP contribution >= 0.6 is 0 Å². The van der Waals surface area contributed by atoms with Gasteiger partial charge in [-0.1, -0.05) is 13.8 Å². The zero-order chi connectivity index (χ0) is 13.4. The molecule has 6 nitrogen and oxygen atoms in total. The molecule has 17 heavy (non-hydrogen) atoms. The molecule has 0 aliphatic rings. The summed E-state index contributed by atoms with van der Waals surface area (Å²) in [6, 6.07) is 0. The van der Waals surface area contributed by atoms with Gasteiger partial charge in [-0.3, -0.25) is 14.4 Å². The number of carbonyl (C=O) groups is 3. The summed E-state index contributed by atoms with van der Waals surface area (Å²) in [5, 5.41) is 17.3. The average molecular weight is 245 g/mol. The quantitative estimate of drug-likeness (QED) is 0.659. The Kier molecular flexibility index (Phi) is 6.93. The molecule has 0 aromatic heterocycles. The minimum absolute atomic E-state index is 0.0189. The van der Waals surface area contributed by atoms with E-state index in [0.717, 1.165) is 0 Å². The van der Waals surface area contributed by atoms with E-state index < -0.39 is 17.9 Å². The Morgan fingerprint density at radius 1 is 1.24 bits per heavy atom. The van der Waals surface area contributed by atoms with E-state index in [1.165, 1.54) is 11.8 Å². The van der Waals surface area contributed by atoms with Crippen molar-refractivity contribution in [3.63, 3.8) is 0 Å². The van der Waals surface area contributed by atoms with Crippen molar-refractivity contribution in [1.29, 1.82) is 0 Å². The van der Waals surface area contributed by atoms with Gasteiger partial charge in [-0.25, -0.2) is 0 Å². The van der Waals surface area contributed by atoms with Gasteiger partial charge in [0, 0.05) is 25.9 Å². The molecule has 1 unspecified atom stereocenters. The van der Waals surface area contributed by atoms with E-state index in [9.17, 15) is 14.4 Å². The maximum absolute atomic E-state index is 11.5. The van der Waals surface area contributed by atoms with E-state index in [2.05, 4.69) is 0 Å². The molecular weight excluding hydrogens is 226 g/mol. The fourth-order valence-corrected chi connectivity index (χ4v) is 1.37. The van der Waals surface area contributed by atoms with Gasteiger partial charge < -0.3 is 15.1 Å². The summed E-state index contributed by atoms with van der Waals surface area (Å²) in [4.78, 5) is 34.0. The molecule has 0 aromatic carbocycles. The summed E-state index contributed by atoms with van der Waals surface area (Å²) in [5.41, 5.74) is 0. The van der Waals surface area contributed by atoms with Crippen LogP contribution in [0.25, 0.3) is 0 Å². The standard InChI is InChI=1S/C11H19NO5/c1-3-9(13)12(6-4-5-10(14)15)7-8(2)11(16)17/h8H,3-7H2,1-2H3,(H,14,15)(H,16,17). The Morgan fingerprint density at radius 2 is 1.82 bits per heavy atom. The number of amides is 1. The van der Waals surface area contributed by atoms with Crippen molar-refractivity contribution in [3.8, 4) is 0 Å². The minimum Gasteiger partial charge on any atom is -0.481 e. The van der Waals surface area contributed by atoms with E-state index in [-0.39, 0.29) is 25.4 Å². The van der Waals surface area contributed by atoms with Crippen LogP contribution in [0.15, 0.2) is 0 Å². The van der Waals surface area contributed by atoms with Crippen LogP contribution in [-0.2, 0) is 14.4 Å². The van der Waals surface area contributed by atoms with Crippen molar-refractivity contribution in [2.75, 3.05) is 13.1 Å². The van der Waals surface area contributed by atoms with Crippen LogP contribution in [0, 0.1) is 5.92 Å². The third-order valence-electron chi connectivity index (χ3n) is 2.39. The number of aliphatic carboxylic acids is 2. The van der Waals surface area contributed by atoms with Crippen LogP contribution in [0.3, 0.4) is 0 Å². The molecule has 1 amide bonds. The first kappa shape index (κ1) is 15.4. The highest BCUT2D eigenvalue weighted by atomic mass is 16.4. The zero-order valence-corrected chi connectivity index (χ0v) is 10.2. The van der Waals surface area contributed by atoms with Crippen LogP contribution < -0.4 is 0 Å². The lowest BCUT2D eigenvalue weighted by molar-refractivity contribution is -0.143. The molecule has 0 spiro atoms. The van der Waals surface area contributed by atoms with Crippen molar-refractivity contribution < 1.29 is 24.6 Å². The highest BCUT2D eigenvalue weighted by Crippen LogP contribution is 2.05. The van der Waals surface area contributed by atoms with Crippen molar-refractivity contribution in [3.05, 3.63) is 0 Å². The monoisotopic (exact) mass is 245 g/mol. The smallest absolute Gasteiger partial charge is 0.308 e. The second-order valence-electron chi connectivity index (χ2n) is 3.93. The van der Waals surface area contributed by atoms with Crippen LogP contribution in [0.2, 0.25) is 0 Å². The lowest BCUT2D eigenvalue weighted by Gasteiger charge is -2.23. The average Bonchev–Trinajstić information content (AvgIpc) is 2.25. The Hall–Kier alpha value is -1.59. The second-order valence-corrected chi connectivity index (χ2v) is 3.93. The van der Waals surface area contributed by atoms with Gasteiger partial charge in [0.15, 0.2) is 0 Å². The van der Waals surface area contributed by atoms with Gasteiger partial charge in [0.05, 0.1) is 5.92 Å². The number of hydrogen-bond acceptors (Lipinski definition) is 3. The number of nitrogens with zero attached hydrogens (tertiary/aromatic N) is 1. The first-order valence-corrected chi connectivity index (χ1v) is 5.60. The molecule has 1 atom stereocenters. The number of carboxylic acid groups (broad SMARTS) is 2. The normalized spacial score (nSPS) is 11.9. The number of carbonyl (C=O) groups excluding carboxylic acids is 1. The van der Waals surface area contributed by atoms with Gasteiger partial charge >= 0.3 is 11.9 Å². The predicted molar refractivity (Wildman–Crippen MR) is 60.5 cm³/mol. The van der Waals surface area contributed by atoms with Gasteiger partial charge in [-0.05, 0) is 6.42 Å². The van der Waals surface area contributed by atoms with Crippen molar-refractivity contribution in [2.45, 2.75) is 33.1 Å². The van der Waals surface area contributed by atoms with Crippen LogP contribution in [0.4, 0.5) is 0 Å². The molecule has 0 radical (unpaired) electrons. The van der Waals surface area contributed by atoms with Crippen molar-refractivity contribution >= 4 is 17.8 Å². The maximum Gasteiger partial charge on any atom is 0.308 e. The summed E-state index contributed by atoms with van der Waals surface area (Å²) >= 11 is 0. The Morgan fingerprint density at radius 3 is 2.24 bits per heavy atom. The lowest BCUT2D eigenvalue weighted by Crippen LogP contribution is -2.37. The summed E-state index contributed by atoms with van der Waals surface area (Å²) in [5.74, 6) is -2.67. The van der Waals surface area contributed by atoms with Crippen molar-refractivity contribution in [1.82, 2.24) is 4.90 Å². The predicted octanol–water partition coefficient (Wildman–Crippen LogP) is 0.810. The molecule has 0 bridgehead atoms. The van der Waals surface area contributed by atoms with E-state index in [4.69, 9.17) is 10.2 Å². The summed E-state index contributed by atoms with van der Waals surface area (Å²) in [6.07, 6.45) is 0.613. The molecule has 0 saturated carbocycles. The molecule has 0 aromatic rings. The van der Waals surface area contributed by atoms with E-state index in [1.54, 1.807) is 6.92 Å². The fourth-order valence-electron chi connectivity index (χ4n) is 1.37. The van der Waals surface area contributed by atoms with Crippen LogP contribution in [0.5, 0.6) is 0 Å². The molecule has 0 fully saturated rings. The first-order valence-electron chi connectivity index (χ1n) is 5.60. The molecular formula is C11H19NO5. The Labute approximate surface area is 100 Å². The number of hydrogen-bond donors (Lipinski definition) is 2. The highest BCUT2D eigenvalue weighted by Gasteiger charge is 2.19. The summed E-state index contributed by atoms with van der Waals surface area (Å²) in [6.45, 7) is 3.63. The highest BCUT2D eigenvalue weighted by molar-refractivity contribution is 5.77. The zero-order valence-electron chi connectivity index (χ0n) is 10.2. The molecule has 0 aliphatic heterocycles. The SMILES string of the molecule is CCC(=O)N(CCCC(=O)O)CC(C)C(=O)O. The largest absolute Gasteiger partial charge is 0.481 e. The van der Waals surface area contributed by atoms with Crippen LogP contribution in [-0.4, -0.2) is 46.0 Å². The van der Waals surface area contributed by atoms with Gasteiger partial charge in [0.1, 0.15) is 0 Å². The number of carboxylic acids is 2. The molecule has 0 rings (SSSR count). The maximum atomic E-state index is 11.5. The molecule has 0 aliphatic carbocycles. The molecule has 0 saturated heterocycles. The summed E-state index contributed by atoms with van der Waals surface area (Å²) < 4.78 is 0. The third-order valence-corrected chi connectivity index (χ3v) is 2.39. The Bertz CT molecular complexity index is 290. The molecule has 0 heterocycles. The number of rotatable bonds is 8. The molecule has 98 valence electrons. The van der Waals surface area contributed by atoms with Gasteiger partial charge in [0.25, 0.3) is 0 Å². The minimum atomic E-state index is -0.961. The van der Waals surface area contributed by atoms with Crippen molar-refractivity contribution in [2.24, 2.45) is 5.92 Å². The lowest BCUT2D eigenvalue weighted by atomic mass is 10.1. The topological polar surface area (TPSA) is 94.9 Å². The molecule has 2 N–H and O–H groups in total. The van der Waals surface area contributed by atoms with Gasteiger partial charge in [-0.2, -0.15) is 0 Å². The van der Waals surface area contributed by atoms with Gasteiger partial charge in [0.2, 0.25) is 5.91 Å². The Balaban J connectivity index is 4.28. The van der Waals surface area contributed by atoms with Gasteiger partial charge in [-0.15, -0.1) is 0 Å². The fraction of sp³-hybridized carbons (Fsp3) is 0.727. The molecule has 6 heteroatoms. The van der Waals surface area contributed by atoms with E-state index in [0.29, 0.717) is 12.8 Å². The third kappa shape index (κ3) is 6.55.